The van der Waals surface area contributed by atoms with Gasteiger partial charge < -0.3 is 68.3 Å². The number of primary amides is 1. The molecule has 29 heteroatoms. The Hall–Kier alpha value is -7.33. The first kappa shape index (κ1) is 54.0. The number of carbonyl (C=O) groups excluding carboxylic acids is 9. The van der Waals surface area contributed by atoms with Crippen LogP contribution in [0.5, 0.6) is 0 Å². The predicted molar refractivity (Wildman–Crippen MR) is 220 cm³/mol. The molecule has 2 bridgehead atoms. The molecule has 2 aliphatic rings. The van der Waals surface area contributed by atoms with Gasteiger partial charge in [-0.1, -0.05) is 5.21 Å². The minimum atomic E-state index is -1.96. The molecule has 9 amide bonds. The summed E-state index contributed by atoms with van der Waals surface area (Å²) in [4.78, 5) is 154. The number of aromatic nitrogens is 3. The number of aliphatic carboxylic acids is 3. The van der Waals surface area contributed by atoms with Gasteiger partial charge in [0.25, 0.3) is 0 Å². The number of aryl methyl sites for hydroxylation is 1. The number of halogens is 1. The quantitative estimate of drug-likeness (QED) is 0.0982. The highest BCUT2D eigenvalue weighted by molar-refractivity contribution is 5.98. The Balaban J connectivity index is 2.03. The minimum Gasteiger partial charge on any atom is -0.481 e. The molecule has 0 spiro atoms. The molecular weight excluding hydrogens is 899 g/mol. The van der Waals surface area contributed by atoms with Gasteiger partial charge in [-0.05, 0) is 39.0 Å². The van der Waals surface area contributed by atoms with Gasteiger partial charge in [-0.2, -0.15) is 0 Å². The van der Waals surface area contributed by atoms with Crippen LogP contribution in [-0.4, -0.2) is 179 Å². The molecule has 370 valence electrons. The van der Waals surface area contributed by atoms with Crippen molar-refractivity contribution >= 4 is 71.1 Å². The maximum atomic E-state index is 15.0. The van der Waals surface area contributed by atoms with Crippen molar-refractivity contribution in [2.75, 3.05) is 13.1 Å². The zero-order chi connectivity index (χ0) is 50.1. The van der Waals surface area contributed by atoms with Crippen molar-refractivity contribution in [3.05, 3.63) is 11.9 Å². The molecule has 0 unspecified atom stereocenters. The summed E-state index contributed by atoms with van der Waals surface area (Å²) in [7, 11) is 0. The molecule has 3 heterocycles. The van der Waals surface area contributed by atoms with Crippen molar-refractivity contribution in [1.29, 1.82) is 0 Å². The van der Waals surface area contributed by atoms with Crippen molar-refractivity contribution in [2.45, 2.75) is 139 Å². The lowest BCUT2D eigenvalue weighted by Crippen LogP contribution is -2.60. The van der Waals surface area contributed by atoms with Crippen molar-refractivity contribution < 1.29 is 82.4 Å². The van der Waals surface area contributed by atoms with Crippen LogP contribution in [0, 0.1) is 0 Å². The molecule has 1 saturated heterocycles. The smallest absolute Gasteiger partial charge is 0.305 e. The summed E-state index contributed by atoms with van der Waals surface area (Å²) in [5.74, 6) is -14.3. The highest BCUT2D eigenvalue weighted by Crippen LogP contribution is 2.23. The normalized spacial score (nSPS) is 26.2. The number of rotatable bonds is 11. The average molecular weight is 955 g/mol. The van der Waals surface area contributed by atoms with Crippen LogP contribution < -0.4 is 43.0 Å². The monoisotopic (exact) mass is 954 g/mol. The Morgan fingerprint density at radius 3 is 2.03 bits per heavy atom. The van der Waals surface area contributed by atoms with Gasteiger partial charge in [0, 0.05) is 45.3 Å². The zero-order valence-corrected chi connectivity index (χ0v) is 36.4. The van der Waals surface area contributed by atoms with E-state index in [9.17, 15) is 78.0 Å². The predicted octanol–water partition coefficient (Wildman–Crippen LogP) is -5.94. The van der Waals surface area contributed by atoms with Crippen molar-refractivity contribution in [3.8, 4) is 0 Å². The van der Waals surface area contributed by atoms with E-state index in [2.05, 4.69) is 47.5 Å². The van der Waals surface area contributed by atoms with E-state index in [1.807, 2.05) is 0 Å². The Bertz CT molecular complexity index is 2050. The highest BCUT2D eigenvalue weighted by Gasteiger charge is 2.44. The Labute approximate surface area is 380 Å². The van der Waals surface area contributed by atoms with Crippen molar-refractivity contribution in [2.24, 2.45) is 5.73 Å². The van der Waals surface area contributed by atoms with Gasteiger partial charge in [-0.3, -0.25) is 62.2 Å². The van der Waals surface area contributed by atoms with E-state index in [-0.39, 0.29) is 31.5 Å². The van der Waals surface area contributed by atoms with Crippen molar-refractivity contribution in [1.82, 2.24) is 57.1 Å². The Kier molecular flexibility index (Phi) is 20.5. The fourth-order valence-corrected chi connectivity index (χ4v) is 7.03. The summed E-state index contributed by atoms with van der Waals surface area (Å²) < 4.78 is 16.4. The number of carboxylic acids is 3. The third-order valence-corrected chi connectivity index (χ3v) is 10.4. The van der Waals surface area contributed by atoms with E-state index in [1.165, 1.54) is 10.9 Å². The van der Waals surface area contributed by atoms with Crippen LogP contribution in [0.2, 0.25) is 0 Å². The summed E-state index contributed by atoms with van der Waals surface area (Å²) in [6.07, 6.45) is -6.46. The van der Waals surface area contributed by atoms with E-state index in [0.717, 1.165) is 13.8 Å². The maximum absolute atomic E-state index is 15.0. The van der Waals surface area contributed by atoms with Gasteiger partial charge in [0.05, 0.1) is 31.3 Å². The van der Waals surface area contributed by atoms with E-state index < -0.39 is 177 Å². The van der Waals surface area contributed by atoms with Crippen LogP contribution in [0.4, 0.5) is 4.39 Å². The van der Waals surface area contributed by atoms with Gasteiger partial charge in [0.15, 0.2) is 0 Å². The standard InChI is InChI=1S/C38H55FN12O16/c1-17(52)31-37(66)41-14-27(54)43-22(6-8-28(55)56)33(62)44-21(32(40)61)5-3-4-10-50-16-20(48-49-50)12-24(42-18(2)53)35(64)46-25(13-30(59)60)38(67)51-15-19(39)11-26(51)36(65)45-23(34(63)47-31)7-9-29(57)58/h16-17,19,21-26,31,52H,3-15H2,1-2H3,(H2,40,61)(H,41,66)(H,42,53)(H,43,54)(H,44,62)(H,45,65)(H,46,64)(H,47,63)(H,55,56)(H,57,58)(H,59,60)/t17-,19+,21+,22+,23+,24+,25+,26+,31+/m1/s1. The van der Waals surface area contributed by atoms with Crippen LogP contribution in [0.3, 0.4) is 0 Å². The number of amides is 9. The first-order valence-corrected chi connectivity index (χ1v) is 21.0. The molecular formula is C38H55FN12O16. The van der Waals surface area contributed by atoms with E-state index in [1.54, 1.807) is 0 Å². The first-order chi connectivity index (χ1) is 31.4. The van der Waals surface area contributed by atoms with Gasteiger partial charge >= 0.3 is 17.9 Å². The van der Waals surface area contributed by atoms with E-state index in [0.29, 0.717) is 11.3 Å². The molecule has 13 N–H and O–H groups in total. The fourth-order valence-electron chi connectivity index (χ4n) is 7.03. The van der Waals surface area contributed by atoms with Crippen molar-refractivity contribution in [3.63, 3.8) is 0 Å². The molecule has 0 aromatic carbocycles. The van der Waals surface area contributed by atoms with Gasteiger partial charge in [0.1, 0.15) is 48.5 Å². The molecule has 2 aliphatic heterocycles. The second-order valence-electron chi connectivity index (χ2n) is 15.9. The summed E-state index contributed by atoms with van der Waals surface area (Å²) in [6, 6.07) is -11.9. The van der Waals surface area contributed by atoms with Crippen LogP contribution in [-0.2, 0) is 70.5 Å². The molecule has 9 atom stereocenters. The average Bonchev–Trinajstić information content (AvgIpc) is 3.86. The molecule has 0 radical (unpaired) electrons. The number of aliphatic hydroxyl groups is 1. The first-order valence-electron chi connectivity index (χ1n) is 21.0. The summed E-state index contributed by atoms with van der Waals surface area (Å²) in [5.41, 5.74) is 5.65. The Morgan fingerprint density at radius 2 is 1.45 bits per heavy atom. The number of nitrogens with two attached hydrogens (primary N) is 1. The van der Waals surface area contributed by atoms with Crippen LogP contribution >= 0.6 is 0 Å². The number of nitrogens with zero attached hydrogens (tertiary/aromatic N) is 4. The molecule has 1 aromatic heterocycles. The van der Waals surface area contributed by atoms with Crippen LogP contribution in [0.1, 0.15) is 77.3 Å². The highest BCUT2D eigenvalue weighted by atomic mass is 19.1. The molecule has 28 nitrogen and oxygen atoms in total. The Morgan fingerprint density at radius 1 is 0.836 bits per heavy atom. The number of fused-ring (bicyclic) bond motifs is 3. The number of hydrogen-bond acceptors (Lipinski definition) is 15. The number of hydrogen-bond donors (Lipinski definition) is 12. The van der Waals surface area contributed by atoms with Gasteiger partial charge in [-0.25, -0.2) is 4.39 Å². The zero-order valence-electron chi connectivity index (χ0n) is 36.4. The number of aliphatic hydroxyl groups excluding tert-OH is 1. The molecule has 0 aliphatic carbocycles. The van der Waals surface area contributed by atoms with Gasteiger partial charge in [0.2, 0.25) is 53.2 Å². The van der Waals surface area contributed by atoms with Crippen LogP contribution in [0.25, 0.3) is 0 Å². The molecule has 3 rings (SSSR count). The summed E-state index contributed by atoms with van der Waals surface area (Å²) in [6.45, 7) is 0.546. The second kappa shape index (κ2) is 25.4. The SMILES string of the molecule is CC(=O)N[C@H]1Cc2cn(nn2)CCCC[C@@H](C(N)=O)NC(=O)[C@H](CCC(=O)O)NC(=O)CNC(=O)[C@H]([C@@H](C)O)NC(=O)[C@H](CCC(=O)O)NC(=O)[C@@H]2C[C@H](F)CN2C(=O)[C@H](CC(=O)O)NC1=O. The molecule has 0 saturated carbocycles. The number of nitrogens with one attached hydrogen (secondary N) is 7. The third kappa shape index (κ3) is 17.5. The number of carboxylic acid groups (broad SMARTS) is 3. The van der Waals surface area contributed by atoms with E-state index in [4.69, 9.17) is 5.73 Å². The lowest BCUT2D eigenvalue weighted by molar-refractivity contribution is -0.146. The minimum absolute atomic E-state index is 0.0449. The largest absolute Gasteiger partial charge is 0.481 e. The summed E-state index contributed by atoms with van der Waals surface area (Å²) >= 11 is 0. The van der Waals surface area contributed by atoms with Crippen LogP contribution in [0.15, 0.2) is 6.20 Å². The molecule has 67 heavy (non-hydrogen) atoms. The lowest BCUT2D eigenvalue weighted by atomic mass is 10.1. The molecule has 1 aromatic rings. The fraction of sp³-hybridized carbons (Fsp3) is 0.632. The number of alkyl halides is 1. The number of carbonyl (C=O) groups is 12. The third-order valence-electron chi connectivity index (χ3n) is 10.4. The second-order valence-corrected chi connectivity index (χ2v) is 15.9. The van der Waals surface area contributed by atoms with Gasteiger partial charge in [-0.15, -0.1) is 5.10 Å². The molecule has 1 fully saturated rings. The maximum Gasteiger partial charge on any atom is 0.305 e. The topological polar surface area (TPSA) is 430 Å². The van der Waals surface area contributed by atoms with E-state index >= 15 is 4.39 Å². The summed E-state index contributed by atoms with van der Waals surface area (Å²) in [5, 5.41) is 62.4. The lowest BCUT2D eigenvalue weighted by Gasteiger charge is -2.30.